The highest BCUT2D eigenvalue weighted by Gasteiger charge is 2.27. The Hall–Kier alpha value is -1.06. The molecule has 1 amide bonds. The van der Waals surface area contributed by atoms with E-state index in [1.54, 1.807) is 0 Å². The molecule has 132 valence electrons. The average Bonchev–Trinajstić information content (AvgIpc) is 2.86. The van der Waals surface area contributed by atoms with Crippen molar-refractivity contribution < 1.29 is 4.79 Å². The van der Waals surface area contributed by atoms with Crippen molar-refractivity contribution in [2.75, 3.05) is 13.1 Å². The molecule has 1 N–H and O–H groups in total. The van der Waals surface area contributed by atoms with Gasteiger partial charge in [0.15, 0.2) is 0 Å². The van der Waals surface area contributed by atoms with Crippen LogP contribution < -0.4 is 5.32 Å². The third kappa shape index (κ3) is 5.22. The fourth-order valence-electron chi connectivity index (χ4n) is 4.00. The second-order valence-corrected chi connectivity index (χ2v) is 7.83. The Morgan fingerprint density at radius 3 is 2.46 bits per heavy atom. The first-order valence-electron chi connectivity index (χ1n) is 9.48. The van der Waals surface area contributed by atoms with Crippen molar-refractivity contribution in [3.63, 3.8) is 0 Å². The molecule has 3 rings (SSSR count). The Kier molecular flexibility index (Phi) is 6.56. The Morgan fingerprint density at radius 2 is 1.75 bits per heavy atom. The zero-order valence-electron chi connectivity index (χ0n) is 14.5. The van der Waals surface area contributed by atoms with Crippen molar-refractivity contribution >= 4 is 17.5 Å². The predicted octanol–water partition coefficient (Wildman–Crippen LogP) is 4.39. The van der Waals surface area contributed by atoms with Crippen LogP contribution in [0.2, 0.25) is 5.02 Å². The molecule has 1 atom stereocenters. The Labute approximate surface area is 150 Å². The average molecular weight is 349 g/mol. The summed E-state index contributed by atoms with van der Waals surface area (Å²) in [5.74, 6) is 0.428. The van der Waals surface area contributed by atoms with E-state index in [1.807, 2.05) is 12.1 Å². The maximum atomic E-state index is 12.7. The van der Waals surface area contributed by atoms with Gasteiger partial charge in [-0.15, -0.1) is 0 Å². The highest BCUT2D eigenvalue weighted by Crippen LogP contribution is 2.22. The summed E-state index contributed by atoms with van der Waals surface area (Å²) in [7, 11) is 0. The summed E-state index contributed by atoms with van der Waals surface area (Å²) in [6.07, 6.45) is 9.62. The zero-order chi connectivity index (χ0) is 16.8. The third-order valence-electron chi connectivity index (χ3n) is 5.40. The minimum Gasteiger partial charge on any atom is -0.353 e. The van der Waals surface area contributed by atoms with Gasteiger partial charge in [0.2, 0.25) is 5.91 Å². The molecular weight excluding hydrogens is 320 g/mol. The van der Waals surface area contributed by atoms with Crippen LogP contribution in [0.15, 0.2) is 24.3 Å². The molecule has 4 heteroatoms. The maximum absolute atomic E-state index is 12.7. The molecular formula is C20H29ClN2O. The van der Waals surface area contributed by atoms with Crippen molar-refractivity contribution in [2.45, 2.75) is 64.0 Å². The first-order valence-corrected chi connectivity index (χ1v) is 9.86. The van der Waals surface area contributed by atoms with Crippen LogP contribution in [-0.4, -0.2) is 29.9 Å². The number of likely N-dealkylation sites (tertiary alicyclic amines) is 1. The fraction of sp³-hybridized carbons (Fsp3) is 0.650. The van der Waals surface area contributed by atoms with Crippen molar-refractivity contribution in [3.05, 3.63) is 34.9 Å². The third-order valence-corrected chi connectivity index (χ3v) is 5.65. The van der Waals surface area contributed by atoms with Gasteiger partial charge in [0.25, 0.3) is 0 Å². The number of halogens is 1. The molecule has 3 nitrogen and oxygen atoms in total. The fourth-order valence-corrected chi connectivity index (χ4v) is 4.13. The van der Waals surface area contributed by atoms with E-state index in [1.165, 1.54) is 31.2 Å². The van der Waals surface area contributed by atoms with E-state index in [9.17, 15) is 4.79 Å². The van der Waals surface area contributed by atoms with Gasteiger partial charge in [0, 0.05) is 24.2 Å². The molecule has 2 fully saturated rings. The quantitative estimate of drug-likeness (QED) is 0.818. The van der Waals surface area contributed by atoms with Crippen LogP contribution in [-0.2, 0) is 11.3 Å². The van der Waals surface area contributed by atoms with E-state index in [0.29, 0.717) is 6.04 Å². The molecule has 1 saturated heterocycles. The topological polar surface area (TPSA) is 32.3 Å². The van der Waals surface area contributed by atoms with E-state index >= 15 is 0 Å². The first-order chi connectivity index (χ1) is 11.7. The number of benzene rings is 1. The summed E-state index contributed by atoms with van der Waals surface area (Å²) in [5, 5.41) is 4.11. The van der Waals surface area contributed by atoms with E-state index in [0.717, 1.165) is 50.3 Å². The van der Waals surface area contributed by atoms with Gasteiger partial charge < -0.3 is 5.32 Å². The van der Waals surface area contributed by atoms with Crippen LogP contribution in [0, 0.1) is 5.92 Å². The van der Waals surface area contributed by atoms with Gasteiger partial charge >= 0.3 is 0 Å². The summed E-state index contributed by atoms with van der Waals surface area (Å²) in [6, 6.07) is 8.45. The molecule has 1 heterocycles. The van der Waals surface area contributed by atoms with Gasteiger partial charge in [-0.05, 0) is 49.9 Å². The SMILES string of the molecule is O=C(NC1CCCCCC1)C1CCCN(Cc2ccc(Cl)cc2)C1. The van der Waals surface area contributed by atoms with Gasteiger partial charge in [-0.2, -0.15) is 0 Å². The van der Waals surface area contributed by atoms with Crippen LogP contribution in [0.3, 0.4) is 0 Å². The lowest BCUT2D eigenvalue weighted by molar-refractivity contribution is -0.127. The number of carbonyl (C=O) groups excluding carboxylic acids is 1. The van der Waals surface area contributed by atoms with E-state index in [2.05, 4.69) is 22.3 Å². The second-order valence-electron chi connectivity index (χ2n) is 7.40. The molecule has 1 aromatic rings. The van der Waals surface area contributed by atoms with E-state index in [4.69, 9.17) is 11.6 Å². The van der Waals surface area contributed by atoms with E-state index < -0.39 is 0 Å². The number of nitrogens with zero attached hydrogens (tertiary/aromatic N) is 1. The summed E-state index contributed by atoms with van der Waals surface area (Å²) >= 11 is 5.96. The number of amides is 1. The lowest BCUT2D eigenvalue weighted by atomic mass is 9.95. The molecule has 1 unspecified atom stereocenters. The number of hydrogen-bond donors (Lipinski definition) is 1. The summed E-state index contributed by atoms with van der Waals surface area (Å²) in [6.45, 7) is 2.86. The van der Waals surface area contributed by atoms with Crippen molar-refractivity contribution in [2.24, 2.45) is 5.92 Å². The van der Waals surface area contributed by atoms with Crippen LogP contribution in [0.25, 0.3) is 0 Å². The normalized spacial score (nSPS) is 23.6. The minimum atomic E-state index is 0.148. The molecule has 0 aromatic heterocycles. The Balaban J connectivity index is 1.50. The highest BCUT2D eigenvalue weighted by molar-refractivity contribution is 6.30. The van der Waals surface area contributed by atoms with Crippen LogP contribution >= 0.6 is 11.6 Å². The number of carbonyl (C=O) groups is 1. The smallest absolute Gasteiger partial charge is 0.224 e. The maximum Gasteiger partial charge on any atom is 0.224 e. The summed E-state index contributed by atoms with van der Waals surface area (Å²) < 4.78 is 0. The molecule has 0 bridgehead atoms. The molecule has 1 aromatic carbocycles. The van der Waals surface area contributed by atoms with Gasteiger partial charge in [0.05, 0.1) is 5.92 Å². The van der Waals surface area contributed by atoms with Crippen LogP contribution in [0.5, 0.6) is 0 Å². The van der Waals surface area contributed by atoms with Crippen LogP contribution in [0.4, 0.5) is 0 Å². The molecule has 24 heavy (non-hydrogen) atoms. The number of piperidine rings is 1. The lowest BCUT2D eigenvalue weighted by Crippen LogP contribution is -2.45. The minimum absolute atomic E-state index is 0.148. The van der Waals surface area contributed by atoms with Crippen molar-refractivity contribution in [3.8, 4) is 0 Å². The van der Waals surface area contributed by atoms with E-state index in [-0.39, 0.29) is 11.8 Å². The lowest BCUT2D eigenvalue weighted by Gasteiger charge is -2.33. The predicted molar refractivity (Wildman–Crippen MR) is 99.1 cm³/mol. The summed E-state index contributed by atoms with van der Waals surface area (Å²) in [5.41, 5.74) is 1.27. The Bertz CT molecular complexity index is 523. The van der Waals surface area contributed by atoms with Gasteiger partial charge in [-0.25, -0.2) is 0 Å². The standard InChI is InChI=1S/C20H29ClN2O/c21-18-11-9-16(10-12-18)14-23-13-5-6-17(15-23)20(24)22-19-7-3-1-2-4-8-19/h9-12,17,19H,1-8,13-15H2,(H,22,24). The monoisotopic (exact) mass is 348 g/mol. The summed E-state index contributed by atoms with van der Waals surface area (Å²) in [4.78, 5) is 15.1. The molecule has 0 radical (unpaired) electrons. The molecule has 1 aliphatic carbocycles. The molecule has 2 aliphatic rings. The second kappa shape index (κ2) is 8.87. The van der Waals surface area contributed by atoms with Gasteiger partial charge in [-0.1, -0.05) is 49.4 Å². The zero-order valence-corrected chi connectivity index (χ0v) is 15.2. The molecule has 0 spiro atoms. The number of rotatable bonds is 4. The van der Waals surface area contributed by atoms with Crippen molar-refractivity contribution in [1.82, 2.24) is 10.2 Å². The number of hydrogen-bond acceptors (Lipinski definition) is 2. The Morgan fingerprint density at radius 1 is 1.04 bits per heavy atom. The van der Waals surface area contributed by atoms with Crippen LogP contribution in [0.1, 0.15) is 56.9 Å². The first kappa shape index (κ1) is 17.8. The van der Waals surface area contributed by atoms with Crippen molar-refractivity contribution in [1.29, 1.82) is 0 Å². The molecule has 1 aliphatic heterocycles. The van der Waals surface area contributed by atoms with Gasteiger partial charge in [0.1, 0.15) is 0 Å². The highest BCUT2D eigenvalue weighted by atomic mass is 35.5. The number of nitrogens with one attached hydrogen (secondary N) is 1. The van der Waals surface area contributed by atoms with Gasteiger partial charge in [-0.3, -0.25) is 9.69 Å². The largest absolute Gasteiger partial charge is 0.353 e. The molecule has 1 saturated carbocycles.